The molecule has 104 valence electrons. The molecule has 1 unspecified atom stereocenters. The molecule has 1 aromatic heterocycles. The van der Waals surface area contributed by atoms with Crippen molar-refractivity contribution in [3.63, 3.8) is 0 Å². The number of rotatable bonds is 6. The van der Waals surface area contributed by atoms with Crippen molar-refractivity contribution < 1.29 is 4.79 Å². The van der Waals surface area contributed by atoms with Crippen LogP contribution in [0.5, 0.6) is 0 Å². The molecule has 0 aromatic carbocycles. The number of nitrogens with zero attached hydrogens (tertiary/aromatic N) is 1. The fourth-order valence-corrected chi connectivity index (χ4v) is 2.55. The van der Waals surface area contributed by atoms with E-state index in [2.05, 4.69) is 17.2 Å². The molecule has 0 aliphatic heterocycles. The Labute approximate surface area is 119 Å². The summed E-state index contributed by atoms with van der Waals surface area (Å²) < 4.78 is 0. The van der Waals surface area contributed by atoms with E-state index >= 15 is 0 Å². The van der Waals surface area contributed by atoms with Gasteiger partial charge in [0.25, 0.3) is 0 Å². The standard InChI is InChI=1S/C12H21N3OS.ClH/c1-4-9(7-13)6-11(16)15-12-14-10(5-2)8(3)17-12;/h9H,4-7,13H2,1-3H3,(H,14,15,16);1H. The fourth-order valence-electron chi connectivity index (χ4n) is 1.64. The topological polar surface area (TPSA) is 68.0 Å². The van der Waals surface area contributed by atoms with E-state index in [1.807, 2.05) is 13.8 Å². The third-order valence-corrected chi connectivity index (χ3v) is 3.79. The Morgan fingerprint density at radius 3 is 2.61 bits per heavy atom. The van der Waals surface area contributed by atoms with E-state index in [0.717, 1.165) is 18.5 Å². The van der Waals surface area contributed by atoms with E-state index in [1.165, 1.54) is 16.2 Å². The molecule has 0 spiro atoms. The number of nitrogens with two attached hydrogens (primary N) is 1. The summed E-state index contributed by atoms with van der Waals surface area (Å²) in [4.78, 5) is 17.3. The minimum absolute atomic E-state index is 0. The third-order valence-electron chi connectivity index (χ3n) is 2.86. The number of amides is 1. The number of anilines is 1. The quantitative estimate of drug-likeness (QED) is 0.847. The molecule has 6 heteroatoms. The second kappa shape index (κ2) is 8.45. The number of aryl methyl sites for hydroxylation is 2. The molecular formula is C12H22ClN3OS. The van der Waals surface area contributed by atoms with Gasteiger partial charge in [0.1, 0.15) is 0 Å². The average molecular weight is 292 g/mol. The van der Waals surface area contributed by atoms with Gasteiger partial charge in [-0.05, 0) is 25.8 Å². The summed E-state index contributed by atoms with van der Waals surface area (Å²) in [6, 6.07) is 0. The van der Waals surface area contributed by atoms with E-state index < -0.39 is 0 Å². The highest BCUT2D eigenvalue weighted by atomic mass is 35.5. The van der Waals surface area contributed by atoms with Crippen LogP contribution in [0.4, 0.5) is 5.13 Å². The number of hydrogen-bond acceptors (Lipinski definition) is 4. The van der Waals surface area contributed by atoms with Gasteiger partial charge in [-0.15, -0.1) is 23.7 Å². The monoisotopic (exact) mass is 291 g/mol. The van der Waals surface area contributed by atoms with Crippen LogP contribution in [0.2, 0.25) is 0 Å². The first-order valence-corrected chi connectivity index (χ1v) is 6.88. The van der Waals surface area contributed by atoms with Crippen molar-refractivity contribution in [2.24, 2.45) is 11.7 Å². The number of aromatic nitrogens is 1. The van der Waals surface area contributed by atoms with Crippen LogP contribution in [0.15, 0.2) is 0 Å². The van der Waals surface area contributed by atoms with Gasteiger partial charge in [0, 0.05) is 11.3 Å². The normalized spacial score (nSPS) is 11.8. The lowest BCUT2D eigenvalue weighted by molar-refractivity contribution is -0.117. The van der Waals surface area contributed by atoms with E-state index in [-0.39, 0.29) is 24.2 Å². The van der Waals surface area contributed by atoms with E-state index in [4.69, 9.17) is 5.73 Å². The number of nitrogens with one attached hydrogen (secondary N) is 1. The Morgan fingerprint density at radius 1 is 1.50 bits per heavy atom. The van der Waals surface area contributed by atoms with Crippen LogP contribution in [0.3, 0.4) is 0 Å². The first kappa shape index (κ1) is 17.4. The Bertz CT molecular complexity index is 377. The van der Waals surface area contributed by atoms with Crippen molar-refractivity contribution in [3.8, 4) is 0 Å². The highest BCUT2D eigenvalue weighted by Gasteiger charge is 2.13. The molecule has 0 saturated heterocycles. The predicted octanol–water partition coefficient (Wildman–Crippen LogP) is 2.75. The first-order valence-electron chi connectivity index (χ1n) is 6.06. The van der Waals surface area contributed by atoms with Crippen LogP contribution >= 0.6 is 23.7 Å². The van der Waals surface area contributed by atoms with Crippen LogP contribution in [0, 0.1) is 12.8 Å². The van der Waals surface area contributed by atoms with Gasteiger partial charge < -0.3 is 11.1 Å². The Hall–Kier alpha value is -0.650. The first-order chi connectivity index (χ1) is 8.10. The molecule has 0 saturated carbocycles. The summed E-state index contributed by atoms with van der Waals surface area (Å²) in [5, 5.41) is 3.55. The lowest BCUT2D eigenvalue weighted by Crippen LogP contribution is -2.21. The van der Waals surface area contributed by atoms with E-state index in [9.17, 15) is 4.79 Å². The van der Waals surface area contributed by atoms with E-state index in [1.54, 1.807) is 0 Å². The van der Waals surface area contributed by atoms with Gasteiger partial charge in [-0.3, -0.25) is 4.79 Å². The summed E-state index contributed by atoms with van der Waals surface area (Å²) in [5.41, 5.74) is 6.65. The summed E-state index contributed by atoms with van der Waals surface area (Å²) in [7, 11) is 0. The summed E-state index contributed by atoms with van der Waals surface area (Å²) in [5.74, 6) is 0.278. The van der Waals surface area contributed by atoms with Gasteiger partial charge >= 0.3 is 0 Å². The molecule has 1 aromatic rings. The molecule has 18 heavy (non-hydrogen) atoms. The van der Waals surface area contributed by atoms with Crippen molar-refractivity contribution in [3.05, 3.63) is 10.6 Å². The van der Waals surface area contributed by atoms with Crippen LogP contribution in [-0.2, 0) is 11.2 Å². The second-order valence-electron chi connectivity index (χ2n) is 4.14. The highest BCUT2D eigenvalue weighted by Crippen LogP contribution is 2.22. The lowest BCUT2D eigenvalue weighted by atomic mass is 10.0. The van der Waals surface area contributed by atoms with Gasteiger partial charge in [-0.2, -0.15) is 0 Å². The summed E-state index contributed by atoms with van der Waals surface area (Å²) in [6.45, 7) is 6.70. The van der Waals surface area contributed by atoms with Crippen LogP contribution in [0.25, 0.3) is 0 Å². The van der Waals surface area contributed by atoms with Crippen LogP contribution in [-0.4, -0.2) is 17.4 Å². The molecule has 0 aliphatic carbocycles. The molecule has 1 rings (SSSR count). The summed E-state index contributed by atoms with van der Waals surface area (Å²) in [6.07, 6.45) is 2.31. The van der Waals surface area contributed by atoms with Crippen molar-refractivity contribution in [2.75, 3.05) is 11.9 Å². The SMILES string of the molecule is CCc1nc(NC(=O)CC(CC)CN)sc1C.Cl. The van der Waals surface area contributed by atoms with E-state index in [0.29, 0.717) is 18.1 Å². The molecule has 0 bridgehead atoms. The summed E-state index contributed by atoms with van der Waals surface area (Å²) >= 11 is 1.54. The minimum Gasteiger partial charge on any atom is -0.330 e. The molecule has 4 nitrogen and oxygen atoms in total. The zero-order chi connectivity index (χ0) is 12.8. The second-order valence-corrected chi connectivity index (χ2v) is 5.34. The number of halogens is 1. The Morgan fingerprint density at radius 2 is 2.17 bits per heavy atom. The molecule has 0 radical (unpaired) electrons. The number of hydrogen-bond donors (Lipinski definition) is 2. The maximum Gasteiger partial charge on any atom is 0.226 e. The molecule has 3 N–H and O–H groups in total. The maximum atomic E-state index is 11.7. The van der Waals surface area contributed by atoms with Crippen molar-refractivity contribution in [2.45, 2.75) is 40.0 Å². The third kappa shape index (κ3) is 4.92. The zero-order valence-electron chi connectivity index (χ0n) is 11.2. The minimum atomic E-state index is 0. The molecule has 0 aliphatic rings. The molecular weight excluding hydrogens is 270 g/mol. The largest absolute Gasteiger partial charge is 0.330 e. The average Bonchev–Trinajstić information content (AvgIpc) is 2.66. The van der Waals surface area contributed by atoms with Gasteiger partial charge in [0.2, 0.25) is 5.91 Å². The maximum absolute atomic E-state index is 11.7. The van der Waals surface area contributed by atoms with Crippen molar-refractivity contribution >= 4 is 34.8 Å². The predicted molar refractivity (Wildman–Crippen MR) is 79.6 cm³/mol. The van der Waals surface area contributed by atoms with Crippen molar-refractivity contribution in [1.29, 1.82) is 0 Å². The lowest BCUT2D eigenvalue weighted by Gasteiger charge is -2.10. The molecule has 1 heterocycles. The van der Waals surface area contributed by atoms with Crippen LogP contribution < -0.4 is 11.1 Å². The number of carbonyl (C=O) groups excluding carboxylic acids is 1. The van der Waals surface area contributed by atoms with Gasteiger partial charge in [-0.25, -0.2) is 4.98 Å². The Balaban J connectivity index is 0.00000289. The molecule has 0 fully saturated rings. The Kier molecular flexibility index (Phi) is 8.15. The smallest absolute Gasteiger partial charge is 0.226 e. The van der Waals surface area contributed by atoms with Gasteiger partial charge in [0.05, 0.1) is 5.69 Å². The van der Waals surface area contributed by atoms with Gasteiger partial charge in [-0.1, -0.05) is 20.3 Å². The van der Waals surface area contributed by atoms with Crippen molar-refractivity contribution in [1.82, 2.24) is 4.98 Å². The molecule has 1 amide bonds. The van der Waals surface area contributed by atoms with Crippen LogP contribution in [0.1, 0.15) is 37.3 Å². The van der Waals surface area contributed by atoms with Gasteiger partial charge in [0.15, 0.2) is 5.13 Å². The highest BCUT2D eigenvalue weighted by molar-refractivity contribution is 7.15. The molecule has 1 atom stereocenters. The number of carbonyl (C=O) groups is 1. The number of thiazole rings is 1. The fraction of sp³-hybridized carbons (Fsp3) is 0.667. The zero-order valence-corrected chi connectivity index (χ0v) is 12.8.